The van der Waals surface area contributed by atoms with Crippen LogP contribution in [0.1, 0.15) is 194 Å². The number of hydrogen-bond donors (Lipinski definition) is 0. The molecule has 0 aliphatic heterocycles. The van der Waals surface area contributed by atoms with Crippen molar-refractivity contribution in [1.82, 2.24) is 0 Å². The molecule has 0 aromatic carbocycles. The minimum absolute atomic E-state index is 1.01. The fourth-order valence-corrected chi connectivity index (χ4v) is 10.0. The van der Waals surface area contributed by atoms with Crippen LogP contribution < -0.4 is 0 Å². The Kier molecular flexibility index (Phi) is 29.3. The van der Waals surface area contributed by atoms with Crippen LogP contribution >= 0.6 is 7.26 Å². The number of unbranched alkanes of at least 4 members (excludes halogenated alkanes) is 24. The van der Waals surface area contributed by atoms with E-state index in [1.54, 1.807) is 37.7 Å². The van der Waals surface area contributed by atoms with E-state index in [2.05, 4.69) is 27.4 Å². The first-order valence-corrected chi connectivity index (χ1v) is 20.3. The molecule has 0 amide bonds. The van der Waals surface area contributed by atoms with E-state index < -0.39 is 7.26 Å². The average molecular weight is 513 g/mol. The van der Waals surface area contributed by atoms with E-state index in [9.17, 15) is 0 Å². The second-order valence-electron chi connectivity index (χ2n) is 12.5. The van der Waals surface area contributed by atoms with Crippen LogP contribution in [0.25, 0.3) is 0 Å². The second kappa shape index (κ2) is 29.0. The predicted molar refractivity (Wildman–Crippen MR) is 171 cm³/mol. The first-order valence-electron chi connectivity index (χ1n) is 17.2. The molecular formula is C34H73P. The van der Waals surface area contributed by atoms with Gasteiger partial charge in [-0.25, -0.2) is 0 Å². The Morgan fingerprint density at radius 3 is 0.629 bits per heavy atom. The maximum absolute atomic E-state index is 2.80. The van der Waals surface area contributed by atoms with Crippen LogP contribution in [0.4, 0.5) is 0 Å². The van der Waals surface area contributed by atoms with Gasteiger partial charge in [-0.2, -0.15) is 0 Å². The van der Waals surface area contributed by atoms with E-state index in [1.165, 1.54) is 154 Å². The Morgan fingerprint density at radius 1 is 0.257 bits per heavy atom. The van der Waals surface area contributed by atoms with Gasteiger partial charge < -0.3 is 0 Å². The fourth-order valence-electron chi connectivity index (χ4n) is 5.96. The first kappa shape index (κ1) is 35.4. The molecule has 0 bridgehead atoms. The monoisotopic (exact) mass is 513 g/mol. The van der Waals surface area contributed by atoms with Crippen molar-refractivity contribution in [2.75, 3.05) is 25.2 Å². The zero-order valence-corrected chi connectivity index (χ0v) is 26.7. The third kappa shape index (κ3) is 27.3. The maximum atomic E-state index is 2.80. The average Bonchev–Trinajstić information content (AvgIpc) is 2.86. The molecule has 0 atom stereocenters. The van der Waals surface area contributed by atoms with Crippen molar-refractivity contribution >= 4 is 7.26 Å². The van der Waals surface area contributed by atoms with E-state index in [0.717, 1.165) is 0 Å². The molecule has 0 aliphatic carbocycles. The first-order chi connectivity index (χ1) is 17.2. The van der Waals surface area contributed by atoms with Gasteiger partial charge in [0.1, 0.15) is 0 Å². The van der Waals surface area contributed by atoms with Gasteiger partial charge in [-0.15, -0.1) is 0 Å². The molecule has 0 aromatic rings. The molecule has 0 aliphatic rings. The Bertz CT molecular complexity index is 322. The molecule has 214 valence electrons. The van der Waals surface area contributed by atoms with E-state index >= 15 is 0 Å². The van der Waals surface area contributed by atoms with Crippen LogP contribution in [-0.4, -0.2) is 25.2 Å². The van der Waals surface area contributed by atoms with Crippen molar-refractivity contribution in [2.24, 2.45) is 0 Å². The van der Waals surface area contributed by atoms with Gasteiger partial charge in [0.25, 0.3) is 0 Å². The third-order valence-corrected chi connectivity index (χ3v) is 13.3. The van der Waals surface area contributed by atoms with Crippen LogP contribution in [-0.2, 0) is 0 Å². The van der Waals surface area contributed by atoms with Crippen molar-refractivity contribution in [1.29, 1.82) is 0 Å². The summed E-state index contributed by atoms with van der Waals surface area (Å²) < 4.78 is 0. The molecule has 0 N–H and O–H groups in total. The van der Waals surface area contributed by atoms with Crippen molar-refractivity contribution in [2.45, 2.75) is 194 Å². The zero-order chi connectivity index (χ0) is 25.7. The summed E-state index contributed by atoms with van der Waals surface area (Å²) in [5, 5.41) is 0. The van der Waals surface area contributed by atoms with Crippen LogP contribution in [0.5, 0.6) is 0 Å². The topological polar surface area (TPSA) is 0 Å². The summed E-state index contributed by atoms with van der Waals surface area (Å²) in [6.07, 6.45) is 44.9. The summed E-state index contributed by atoms with van der Waals surface area (Å²) in [6.45, 7) is 9.77. The van der Waals surface area contributed by atoms with E-state index in [-0.39, 0.29) is 0 Å². The van der Waals surface area contributed by atoms with Gasteiger partial charge in [0.05, 0.1) is 0 Å². The zero-order valence-electron chi connectivity index (χ0n) is 25.7. The van der Waals surface area contributed by atoms with Crippen LogP contribution in [0.15, 0.2) is 0 Å². The Morgan fingerprint density at radius 2 is 0.429 bits per heavy atom. The van der Waals surface area contributed by atoms with Gasteiger partial charge in [-0.1, -0.05) is 0 Å². The molecule has 0 radical (unpaired) electrons. The molecule has 0 saturated heterocycles. The quantitative estimate of drug-likeness (QED) is 0.0663. The van der Waals surface area contributed by atoms with Crippen LogP contribution in [0.3, 0.4) is 0 Å². The summed E-state index contributed by atoms with van der Waals surface area (Å²) in [4.78, 5) is 0. The van der Waals surface area contributed by atoms with Gasteiger partial charge in [-0.3, -0.25) is 0 Å². The van der Waals surface area contributed by atoms with Crippen molar-refractivity contribution in [3.63, 3.8) is 0 Å². The Balaban J connectivity index is 4.05. The van der Waals surface area contributed by atoms with Gasteiger partial charge in [-0.05, 0) is 0 Å². The molecule has 35 heavy (non-hydrogen) atoms. The fraction of sp³-hybridized carbons (Fsp3) is 1.00. The molecule has 0 unspecified atom stereocenters. The molecule has 1 heteroatoms. The number of hydrogen-bond acceptors (Lipinski definition) is 0. The molecular weight excluding hydrogens is 439 g/mol. The Hall–Kier alpha value is 0.430. The summed E-state index contributed by atoms with van der Waals surface area (Å²) in [5.74, 6) is 0. The summed E-state index contributed by atoms with van der Waals surface area (Å²) >= 11 is 0. The van der Waals surface area contributed by atoms with E-state index in [1.807, 2.05) is 0 Å². The molecule has 0 saturated carbocycles. The van der Waals surface area contributed by atoms with Crippen LogP contribution in [0.2, 0.25) is 0 Å². The van der Waals surface area contributed by atoms with E-state index in [4.69, 9.17) is 0 Å². The summed E-state index contributed by atoms with van der Waals surface area (Å²) in [5.41, 5.74) is 0. The second-order valence-corrected chi connectivity index (χ2v) is 17.7. The molecule has 0 nitrogen and oxygen atoms in total. The standard InChI is InChI=1S/C34H73P/c1-5-8-11-14-17-20-23-26-29-32-35(4,33-30-27-24-21-18-15-12-9-6-2)34-31-28-25-22-19-16-13-10-7-3/h35H,5-34H2,1-4H3. The third-order valence-electron chi connectivity index (χ3n) is 8.65. The Labute approximate surface area is 226 Å². The van der Waals surface area contributed by atoms with Gasteiger partial charge in [0, 0.05) is 0 Å². The van der Waals surface area contributed by atoms with Crippen molar-refractivity contribution < 1.29 is 0 Å². The summed E-state index contributed by atoms with van der Waals surface area (Å²) in [6, 6.07) is 0. The minimum atomic E-state index is -1.01. The molecule has 0 aromatic heterocycles. The van der Waals surface area contributed by atoms with Gasteiger partial charge >= 0.3 is 227 Å². The SMILES string of the molecule is CCCCCCCCCCC[PH](C)(CCCCCCCCCCC)CCCCCCCCCCC. The molecule has 0 heterocycles. The molecule has 0 rings (SSSR count). The normalized spacial score (nSPS) is 12.5. The van der Waals surface area contributed by atoms with E-state index in [0.29, 0.717) is 0 Å². The number of rotatable bonds is 30. The van der Waals surface area contributed by atoms with Gasteiger partial charge in [0.2, 0.25) is 0 Å². The summed E-state index contributed by atoms with van der Waals surface area (Å²) in [7, 11) is -1.01. The predicted octanol–water partition coefficient (Wildman–Crippen LogP) is 13.0. The van der Waals surface area contributed by atoms with Crippen molar-refractivity contribution in [3.8, 4) is 0 Å². The van der Waals surface area contributed by atoms with Crippen molar-refractivity contribution in [3.05, 3.63) is 0 Å². The van der Waals surface area contributed by atoms with Gasteiger partial charge in [0.15, 0.2) is 0 Å². The molecule has 0 spiro atoms. The molecule has 0 fully saturated rings. The van der Waals surface area contributed by atoms with Crippen LogP contribution in [0, 0.1) is 0 Å².